The molecule has 2 rings (SSSR count). The second-order valence-electron chi connectivity index (χ2n) is 4.47. The van der Waals surface area contributed by atoms with Gasteiger partial charge in [-0.3, -0.25) is 4.79 Å². The van der Waals surface area contributed by atoms with Gasteiger partial charge in [0.05, 0.1) is 0 Å². The first-order valence-corrected chi connectivity index (χ1v) is 6.12. The van der Waals surface area contributed by atoms with E-state index in [-0.39, 0.29) is 11.3 Å². The molecule has 0 saturated carbocycles. The van der Waals surface area contributed by atoms with Crippen LogP contribution >= 0.6 is 11.8 Å². The number of hydrogen-bond acceptors (Lipinski definition) is 4. The minimum absolute atomic E-state index is 0.136. The highest BCUT2D eigenvalue weighted by Gasteiger charge is 2.64. The molecule has 0 unspecified atom stereocenters. The lowest BCUT2D eigenvalue weighted by molar-refractivity contribution is -0.174. The van der Waals surface area contributed by atoms with Gasteiger partial charge in [0.2, 0.25) is 0 Å². The van der Waals surface area contributed by atoms with Crippen molar-refractivity contribution < 1.29 is 19.4 Å². The van der Waals surface area contributed by atoms with Gasteiger partial charge in [-0.2, -0.15) is 0 Å². The fraction of sp³-hybridized carbons (Fsp3) is 0.800. The van der Waals surface area contributed by atoms with Crippen molar-refractivity contribution in [1.29, 1.82) is 0 Å². The first-order chi connectivity index (χ1) is 7.40. The Labute approximate surface area is 98.1 Å². The molecule has 3 atom stereocenters. The Hall–Kier alpha value is -0.750. The predicted molar refractivity (Wildman–Crippen MR) is 59.1 cm³/mol. The van der Waals surface area contributed by atoms with E-state index < -0.39 is 22.9 Å². The van der Waals surface area contributed by atoms with Crippen LogP contribution < -0.4 is 0 Å². The number of β-lactam (4-membered cyclic amide) rings is 1. The van der Waals surface area contributed by atoms with Gasteiger partial charge in [-0.1, -0.05) is 0 Å². The Kier molecular flexibility index (Phi) is 2.66. The van der Waals surface area contributed by atoms with Crippen LogP contribution in [0.4, 0.5) is 0 Å². The highest BCUT2D eigenvalue weighted by Crippen LogP contribution is 2.51. The van der Waals surface area contributed by atoms with E-state index in [1.165, 1.54) is 16.7 Å². The molecule has 2 aliphatic rings. The van der Waals surface area contributed by atoms with E-state index in [0.717, 1.165) is 0 Å². The molecule has 0 aliphatic carbocycles. The number of amides is 1. The molecular weight excluding hydrogens is 230 g/mol. The van der Waals surface area contributed by atoms with Gasteiger partial charge in [-0.25, -0.2) is 4.79 Å². The summed E-state index contributed by atoms with van der Waals surface area (Å²) in [6, 6.07) is -0.744. The van der Waals surface area contributed by atoms with E-state index >= 15 is 0 Å². The highest BCUT2D eigenvalue weighted by atomic mass is 32.2. The van der Waals surface area contributed by atoms with Crippen molar-refractivity contribution in [3.05, 3.63) is 0 Å². The van der Waals surface area contributed by atoms with Gasteiger partial charge in [0.15, 0.2) is 6.10 Å². The summed E-state index contributed by atoms with van der Waals surface area (Å²) < 4.78 is 4.86. The smallest absolute Gasteiger partial charge is 0.327 e. The van der Waals surface area contributed by atoms with Crippen LogP contribution in [0.1, 0.15) is 20.8 Å². The molecule has 0 spiro atoms. The standard InChI is InChI=1S/C10H15NO4S/c1-4-15-5-7(12)11-6(9(13)14)10(2,3)16-8(5)11/h5-6,8H,4H2,1-3H3,(H,13,14)/t5-,6+,8-/m1/s1. The molecule has 1 N–H and O–H groups in total. The normalized spacial score (nSPS) is 35.8. The molecule has 90 valence electrons. The molecule has 2 saturated heterocycles. The van der Waals surface area contributed by atoms with Gasteiger partial charge in [0.25, 0.3) is 5.91 Å². The number of carboxylic acids is 1. The van der Waals surface area contributed by atoms with Crippen molar-refractivity contribution in [3.8, 4) is 0 Å². The van der Waals surface area contributed by atoms with Crippen LogP contribution in [-0.4, -0.2) is 50.8 Å². The number of carboxylic acid groups (broad SMARTS) is 1. The second-order valence-corrected chi connectivity index (χ2v) is 6.24. The first kappa shape index (κ1) is 11.7. The van der Waals surface area contributed by atoms with Crippen LogP contribution in [0.3, 0.4) is 0 Å². The van der Waals surface area contributed by atoms with Crippen molar-refractivity contribution in [3.63, 3.8) is 0 Å². The quantitative estimate of drug-likeness (QED) is 0.735. The summed E-state index contributed by atoms with van der Waals surface area (Å²) in [5, 5.41) is 9.02. The number of ether oxygens (including phenoxy) is 1. The SMILES string of the molecule is CCO[C@@H]1C(=O)N2[C@@H]1SC(C)(C)[C@@H]2C(=O)O. The lowest BCUT2D eigenvalue weighted by Crippen LogP contribution is -2.66. The van der Waals surface area contributed by atoms with Gasteiger partial charge in [-0.15, -0.1) is 11.8 Å². The Morgan fingerprint density at radius 2 is 2.25 bits per heavy atom. The number of nitrogens with zero attached hydrogens (tertiary/aromatic N) is 1. The maximum Gasteiger partial charge on any atom is 0.327 e. The number of aliphatic carboxylic acids is 1. The molecule has 0 radical (unpaired) electrons. The number of rotatable bonds is 3. The molecule has 0 aromatic rings. The van der Waals surface area contributed by atoms with E-state index in [4.69, 9.17) is 9.84 Å². The summed E-state index contributed by atoms with van der Waals surface area (Å²) in [6.45, 7) is 6.00. The Bertz CT molecular complexity index is 344. The predicted octanol–water partition coefficient (Wildman–Crippen LogP) is 0.538. The molecule has 6 heteroatoms. The lowest BCUT2D eigenvalue weighted by Gasteiger charge is -2.42. The third-order valence-corrected chi connectivity index (χ3v) is 4.52. The number of carbonyl (C=O) groups excluding carboxylic acids is 1. The fourth-order valence-corrected chi connectivity index (χ4v) is 3.93. The summed E-state index contributed by atoms with van der Waals surface area (Å²) >= 11 is 1.51. The molecule has 0 bridgehead atoms. The summed E-state index contributed by atoms with van der Waals surface area (Å²) in [6.07, 6.45) is -0.460. The molecule has 2 heterocycles. The minimum atomic E-state index is -0.941. The van der Waals surface area contributed by atoms with Crippen molar-refractivity contribution in [2.45, 2.75) is 43.0 Å². The molecular formula is C10H15NO4S. The van der Waals surface area contributed by atoms with E-state index in [0.29, 0.717) is 6.61 Å². The van der Waals surface area contributed by atoms with Crippen molar-refractivity contribution in [2.24, 2.45) is 0 Å². The van der Waals surface area contributed by atoms with E-state index in [9.17, 15) is 9.59 Å². The minimum Gasteiger partial charge on any atom is -0.480 e. The van der Waals surface area contributed by atoms with E-state index in [1.54, 1.807) is 0 Å². The van der Waals surface area contributed by atoms with Gasteiger partial charge >= 0.3 is 5.97 Å². The molecule has 2 fully saturated rings. The summed E-state index contributed by atoms with van der Waals surface area (Å²) in [7, 11) is 0. The Balaban J connectivity index is 2.21. The van der Waals surface area contributed by atoms with E-state index in [2.05, 4.69) is 0 Å². The number of fused-ring (bicyclic) bond motifs is 1. The highest BCUT2D eigenvalue weighted by molar-refractivity contribution is 8.01. The van der Waals surface area contributed by atoms with E-state index in [1.807, 2.05) is 20.8 Å². The second kappa shape index (κ2) is 3.63. The number of thioether (sulfide) groups is 1. The third-order valence-electron chi connectivity index (χ3n) is 2.97. The van der Waals surface area contributed by atoms with Crippen LogP contribution in [0.15, 0.2) is 0 Å². The first-order valence-electron chi connectivity index (χ1n) is 5.24. The van der Waals surface area contributed by atoms with Crippen molar-refractivity contribution in [2.75, 3.05) is 6.61 Å². The Morgan fingerprint density at radius 3 is 2.75 bits per heavy atom. The molecule has 0 aromatic carbocycles. The van der Waals surface area contributed by atoms with Crippen molar-refractivity contribution >= 4 is 23.6 Å². The molecule has 1 amide bonds. The van der Waals surface area contributed by atoms with Crippen molar-refractivity contribution in [1.82, 2.24) is 4.90 Å². The average molecular weight is 245 g/mol. The van der Waals surface area contributed by atoms with Crippen LogP contribution in [0, 0.1) is 0 Å². The summed E-state index contributed by atoms with van der Waals surface area (Å²) in [4.78, 5) is 24.4. The van der Waals surface area contributed by atoms with Gasteiger partial charge < -0.3 is 14.7 Å². The molecule has 5 nitrogen and oxygen atoms in total. The summed E-state index contributed by atoms with van der Waals surface area (Å²) in [5.41, 5.74) is 0. The summed E-state index contributed by atoms with van der Waals surface area (Å²) in [5.74, 6) is -1.14. The number of carbonyl (C=O) groups is 2. The lowest BCUT2D eigenvalue weighted by atomic mass is 9.97. The monoisotopic (exact) mass is 245 g/mol. The van der Waals surface area contributed by atoms with Crippen LogP contribution in [0.5, 0.6) is 0 Å². The van der Waals surface area contributed by atoms with Crippen LogP contribution in [0.25, 0.3) is 0 Å². The zero-order valence-electron chi connectivity index (χ0n) is 9.47. The zero-order chi connectivity index (χ0) is 12.1. The average Bonchev–Trinajstić information content (AvgIpc) is 2.43. The molecule has 0 aromatic heterocycles. The van der Waals surface area contributed by atoms with Crippen LogP contribution in [0.2, 0.25) is 0 Å². The fourth-order valence-electron chi connectivity index (χ4n) is 2.31. The maximum atomic E-state index is 11.8. The van der Waals surface area contributed by atoms with Crippen LogP contribution in [-0.2, 0) is 14.3 Å². The maximum absolute atomic E-state index is 11.8. The van der Waals surface area contributed by atoms with Gasteiger partial charge in [0.1, 0.15) is 11.4 Å². The molecule has 2 aliphatic heterocycles. The largest absolute Gasteiger partial charge is 0.480 e. The number of hydrogen-bond donors (Lipinski definition) is 1. The molecule has 16 heavy (non-hydrogen) atoms. The topological polar surface area (TPSA) is 66.8 Å². The Morgan fingerprint density at radius 1 is 1.62 bits per heavy atom. The van der Waals surface area contributed by atoms with Gasteiger partial charge in [0, 0.05) is 11.4 Å². The third kappa shape index (κ3) is 1.43. The zero-order valence-corrected chi connectivity index (χ0v) is 10.3. The van der Waals surface area contributed by atoms with Gasteiger partial charge in [-0.05, 0) is 20.8 Å².